The molecule has 1 heterocycles. The molecule has 1 aliphatic rings. The van der Waals surface area contributed by atoms with Crippen molar-refractivity contribution in [2.24, 2.45) is 11.7 Å². The lowest BCUT2D eigenvalue weighted by Gasteiger charge is -2.17. The molecular weight excluding hydrogens is 236 g/mol. The van der Waals surface area contributed by atoms with Gasteiger partial charge in [0.15, 0.2) is 0 Å². The maximum absolute atomic E-state index is 11.9. The van der Waals surface area contributed by atoms with Gasteiger partial charge in [0, 0.05) is 25.1 Å². The Bertz CT molecular complexity index is 513. The van der Waals surface area contributed by atoms with Gasteiger partial charge in [0.1, 0.15) is 0 Å². The topological polar surface area (TPSA) is 46.3 Å². The van der Waals surface area contributed by atoms with Gasteiger partial charge in [-0.05, 0) is 17.5 Å². The summed E-state index contributed by atoms with van der Waals surface area (Å²) in [4.78, 5) is 13.9. The summed E-state index contributed by atoms with van der Waals surface area (Å²) in [5.41, 5.74) is 7.49. The molecule has 19 heavy (non-hydrogen) atoms. The maximum Gasteiger partial charge on any atom is 0.223 e. The van der Waals surface area contributed by atoms with Crippen LogP contribution in [0.1, 0.15) is 30.9 Å². The molecular formula is C16H20N2O. The SMILES string of the molecule is CCC1CC(=O)N(Cc2ccccc2C#CCN)C1. The Morgan fingerprint density at radius 2 is 2.21 bits per heavy atom. The Labute approximate surface area is 114 Å². The van der Waals surface area contributed by atoms with Crippen LogP contribution in [-0.4, -0.2) is 23.9 Å². The largest absolute Gasteiger partial charge is 0.338 e. The molecule has 3 heteroatoms. The van der Waals surface area contributed by atoms with Crippen LogP contribution in [0, 0.1) is 17.8 Å². The van der Waals surface area contributed by atoms with Crippen molar-refractivity contribution < 1.29 is 4.79 Å². The van der Waals surface area contributed by atoms with E-state index in [9.17, 15) is 4.79 Å². The van der Waals surface area contributed by atoms with Gasteiger partial charge in [0.25, 0.3) is 0 Å². The first-order valence-electron chi connectivity index (χ1n) is 6.79. The lowest BCUT2D eigenvalue weighted by Crippen LogP contribution is -2.25. The molecule has 0 saturated carbocycles. The van der Waals surface area contributed by atoms with Crippen LogP contribution < -0.4 is 5.73 Å². The summed E-state index contributed by atoms with van der Waals surface area (Å²) in [5, 5.41) is 0. The van der Waals surface area contributed by atoms with Crippen LogP contribution in [0.3, 0.4) is 0 Å². The molecule has 2 rings (SSSR count). The highest BCUT2D eigenvalue weighted by Gasteiger charge is 2.28. The molecule has 1 atom stereocenters. The van der Waals surface area contributed by atoms with Crippen molar-refractivity contribution >= 4 is 5.91 Å². The summed E-state index contributed by atoms with van der Waals surface area (Å²) in [6.45, 7) is 4.02. The Hall–Kier alpha value is -1.79. The number of likely N-dealkylation sites (tertiary alicyclic amines) is 1. The highest BCUT2D eigenvalue weighted by molar-refractivity contribution is 5.78. The van der Waals surface area contributed by atoms with E-state index in [2.05, 4.69) is 18.8 Å². The number of hydrogen-bond acceptors (Lipinski definition) is 2. The van der Waals surface area contributed by atoms with Gasteiger partial charge in [-0.25, -0.2) is 0 Å². The monoisotopic (exact) mass is 256 g/mol. The van der Waals surface area contributed by atoms with Gasteiger partial charge in [0.05, 0.1) is 6.54 Å². The summed E-state index contributed by atoms with van der Waals surface area (Å²) in [5.74, 6) is 6.72. The Balaban J connectivity index is 2.13. The molecule has 1 fully saturated rings. The number of nitrogens with two attached hydrogens (primary N) is 1. The summed E-state index contributed by atoms with van der Waals surface area (Å²) in [6.07, 6.45) is 1.75. The Kier molecular flexibility index (Phi) is 4.59. The minimum Gasteiger partial charge on any atom is -0.338 e. The van der Waals surface area contributed by atoms with Crippen LogP contribution >= 0.6 is 0 Å². The van der Waals surface area contributed by atoms with Gasteiger partial charge >= 0.3 is 0 Å². The van der Waals surface area contributed by atoms with Crippen molar-refractivity contribution in [2.75, 3.05) is 13.1 Å². The fraction of sp³-hybridized carbons (Fsp3) is 0.438. The number of amides is 1. The fourth-order valence-corrected chi connectivity index (χ4v) is 2.41. The van der Waals surface area contributed by atoms with Crippen LogP contribution in [0.2, 0.25) is 0 Å². The predicted molar refractivity (Wildman–Crippen MR) is 76.2 cm³/mol. The number of carbonyl (C=O) groups excluding carboxylic acids is 1. The highest BCUT2D eigenvalue weighted by atomic mass is 16.2. The molecule has 1 amide bonds. The minimum atomic E-state index is 0.258. The second kappa shape index (κ2) is 6.40. The molecule has 2 N–H and O–H groups in total. The molecule has 0 aliphatic carbocycles. The summed E-state index contributed by atoms with van der Waals surface area (Å²) < 4.78 is 0. The number of carbonyl (C=O) groups is 1. The maximum atomic E-state index is 11.9. The zero-order valence-corrected chi connectivity index (χ0v) is 11.4. The average Bonchev–Trinajstić information content (AvgIpc) is 2.78. The number of rotatable bonds is 3. The van der Waals surface area contributed by atoms with Gasteiger partial charge in [0.2, 0.25) is 5.91 Å². The van der Waals surface area contributed by atoms with Gasteiger partial charge < -0.3 is 10.6 Å². The van der Waals surface area contributed by atoms with Gasteiger partial charge in [-0.15, -0.1) is 0 Å². The van der Waals surface area contributed by atoms with E-state index < -0.39 is 0 Å². The zero-order valence-electron chi connectivity index (χ0n) is 11.4. The molecule has 1 unspecified atom stereocenters. The zero-order chi connectivity index (χ0) is 13.7. The van der Waals surface area contributed by atoms with Crippen LogP contribution in [0.4, 0.5) is 0 Å². The molecule has 0 radical (unpaired) electrons. The van der Waals surface area contributed by atoms with Crippen molar-refractivity contribution in [3.63, 3.8) is 0 Å². The molecule has 3 nitrogen and oxygen atoms in total. The summed E-state index contributed by atoms with van der Waals surface area (Å²) >= 11 is 0. The van der Waals surface area contributed by atoms with Crippen LogP contribution in [0.25, 0.3) is 0 Å². The predicted octanol–water partition coefficient (Wildman–Crippen LogP) is 1.76. The molecule has 100 valence electrons. The summed E-state index contributed by atoms with van der Waals surface area (Å²) in [7, 11) is 0. The second-order valence-electron chi connectivity index (χ2n) is 4.92. The first kappa shape index (κ1) is 13.6. The lowest BCUT2D eigenvalue weighted by atomic mass is 10.1. The van der Waals surface area contributed by atoms with Crippen LogP contribution in [-0.2, 0) is 11.3 Å². The van der Waals surface area contributed by atoms with E-state index in [1.807, 2.05) is 29.2 Å². The van der Waals surface area contributed by atoms with Crippen molar-refractivity contribution in [3.05, 3.63) is 35.4 Å². The molecule has 0 spiro atoms. The third-order valence-electron chi connectivity index (χ3n) is 3.58. The lowest BCUT2D eigenvalue weighted by molar-refractivity contribution is -0.128. The summed E-state index contributed by atoms with van der Waals surface area (Å²) in [6, 6.07) is 7.97. The third kappa shape index (κ3) is 3.36. The fourth-order valence-electron chi connectivity index (χ4n) is 2.41. The molecule has 1 saturated heterocycles. The Morgan fingerprint density at radius 1 is 1.42 bits per heavy atom. The van der Waals surface area contributed by atoms with E-state index in [0.29, 0.717) is 25.4 Å². The molecule has 1 aromatic carbocycles. The molecule has 0 bridgehead atoms. The van der Waals surface area contributed by atoms with Crippen molar-refractivity contribution in [3.8, 4) is 11.8 Å². The van der Waals surface area contributed by atoms with Crippen molar-refractivity contribution in [2.45, 2.75) is 26.3 Å². The van der Waals surface area contributed by atoms with Gasteiger partial charge in [-0.3, -0.25) is 4.79 Å². The van der Waals surface area contributed by atoms with Gasteiger partial charge in [-0.2, -0.15) is 0 Å². The first-order chi connectivity index (χ1) is 9.24. The van der Waals surface area contributed by atoms with Crippen molar-refractivity contribution in [1.82, 2.24) is 4.90 Å². The first-order valence-corrected chi connectivity index (χ1v) is 6.79. The van der Waals surface area contributed by atoms with E-state index in [1.165, 1.54) is 0 Å². The van der Waals surface area contributed by atoms with E-state index in [0.717, 1.165) is 24.1 Å². The third-order valence-corrected chi connectivity index (χ3v) is 3.58. The van der Waals surface area contributed by atoms with Gasteiger partial charge in [-0.1, -0.05) is 43.4 Å². The highest BCUT2D eigenvalue weighted by Crippen LogP contribution is 2.23. The van der Waals surface area contributed by atoms with E-state index >= 15 is 0 Å². The van der Waals surface area contributed by atoms with Crippen molar-refractivity contribution in [1.29, 1.82) is 0 Å². The quantitative estimate of drug-likeness (QED) is 0.838. The minimum absolute atomic E-state index is 0.258. The number of hydrogen-bond donors (Lipinski definition) is 1. The number of nitrogens with zero attached hydrogens (tertiary/aromatic N) is 1. The van der Waals surface area contributed by atoms with Crippen LogP contribution in [0.5, 0.6) is 0 Å². The van der Waals surface area contributed by atoms with E-state index in [-0.39, 0.29) is 5.91 Å². The molecule has 1 aromatic rings. The van der Waals surface area contributed by atoms with E-state index in [4.69, 9.17) is 5.73 Å². The molecule has 1 aliphatic heterocycles. The smallest absolute Gasteiger partial charge is 0.223 e. The Morgan fingerprint density at radius 3 is 2.89 bits per heavy atom. The average molecular weight is 256 g/mol. The standard InChI is InChI=1S/C16H20N2O/c1-2-13-10-16(19)18(11-13)12-15-7-4-3-6-14(15)8-5-9-17/h3-4,6-7,13H,2,9-12,17H2,1H3. The van der Waals surface area contributed by atoms with E-state index in [1.54, 1.807) is 0 Å². The normalized spacial score (nSPS) is 18.3. The second-order valence-corrected chi connectivity index (χ2v) is 4.92. The molecule has 0 aromatic heterocycles. The van der Waals surface area contributed by atoms with Crippen LogP contribution in [0.15, 0.2) is 24.3 Å². The number of benzene rings is 1.